The molecule has 3 atom stereocenters. The summed E-state index contributed by atoms with van der Waals surface area (Å²) in [6.07, 6.45) is 7.71. The Balaban J connectivity index is 1.84. The first kappa shape index (κ1) is 11.4. The predicted molar refractivity (Wildman–Crippen MR) is 61.6 cm³/mol. The van der Waals surface area contributed by atoms with Gasteiger partial charge in [-0.05, 0) is 44.6 Å². The number of aliphatic hydroxyl groups is 1. The number of piperidine rings is 1. The SMILES string of the molecule is NC(CCO)CN1CCCC2CCCC21. The molecule has 0 radical (unpaired) electrons. The molecule has 0 aromatic rings. The summed E-state index contributed by atoms with van der Waals surface area (Å²) in [5.41, 5.74) is 6.00. The van der Waals surface area contributed by atoms with Gasteiger partial charge in [-0.2, -0.15) is 0 Å². The lowest BCUT2D eigenvalue weighted by Crippen LogP contribution is -2.48. The molecule has 0 aromatic heterocycles. The molecule has 3 unspecified atom stereocenters. The van der Waals surface area contributed by atoms with Crippen molar-refractivity contribution in [1.82, 2.24) is 4.90 Å². The van der Waals surface area contributed by atoms with E-state index in [9.17, 15) is 0 Å². The summed E-state index contributed by atoms with van der Waals surface area (Å²) in [4.78, 5) is 2.58. The van der Waals surface area contributed by atoms with Gasteiger partial charge in [0.1, 0.15) is 0 Å². The van der Waals surface area contributed by atoms with E-state index in [2.05, 4.69) is 4.90 Å². The van der Waals surface area contributed by atoms with Crippen LogP contribution in [0.1, 0.15) is 38.5 Å². The van der Waals surface area contributed by atoms with Crippen molar-refractivity contribution in [2.75, 3.05) is 19.7 Å². The first-order valence-corrected chi connectivity index (χ1v) is 6.41. The molecule has 1 aliphatic carbocycles. The number of aliphatic hydroxyl groups excluding tert-OH is 1. The Bertz CT molecular complexity index is 198. The summed E-state index contributed by atoms with van der Waals surface area (Å²) >= 11 is 0. The van der Waals surface area contributed by atoms with Crippen molar-refractivity contribution in [3.05, 3.63) is 0 Å². The minimum Gasteiger partial charge on any atom is -0.396 e. The second kappa shape index (κ2) is 5.28. The van der Waals surface area contributed by atoms with Crippen LogP contribution in [0.4, 0.5) is 0 Å². The fourth-order valence-corrected chi connectivity index (χ4v) is 3.34. The van der Waals surface area contributed by atoms with E-state index in [0.717, 1.165) is 24.9 Å². The molecule has 0 aromatic carbocycles. The highest BCUT2D eigenvalue weighted by atomic mass is 16.3. The lowest BCUT2D eigenvalue weighted by molar-refractivity contribution is 0.102. The number of nitrogens with two attached hydrogens (primary N) is 1. The second-order valence-electron chi connectivity index (χ2n) is 5.17. The predicted octanol–water partition coefficient (Wildman–Crippen LogP) is 0.961. The molecule has 0 amide bonds. The van der Waals surface area contributed by atoms with E-state index in [1.165, 1.54) is 38.6 Å². The number of nitrogens with zero attached hydrogens (tertiary/aromatic N) is 1. The van der Waals surface area contributed by atoms with Crippen LogP contribution in [0.5, 0.6) is 0 Å². The summed E-state index contributed by atoms with van der Waals surface area (Å²) in [5, 5.41) is 8.86. The van der Waals surface area contributed by atoms with Gasteiger partial charge in [0.2, 0.25) is 0 Å². The van der Waals surface area contributed by atoms with Gasteiger partial charge in [-0.25, -0.2) is 0 Å². The van der Waals surface area contributed by atoms with E-state index in [4.69, 9.17) is 10.8 Å². The second-order valence-corrected chi connectivity index (χ2v) is 5.17. The third-order valence-electron chi connectivity index (χ3n) is 4.08. The maximum Gasteiger partial charge on any atom is 0.0446 e. The van der Waals surface area contributed by atoms with Crippen LogP contribution >= 0.6 is 0 Å². The first-order chi connectivity index (χ1) is 7.31. The van der Waals surface area contributed by atoms with E-state index >= 15 is 0 Å². The number of rotatable bonds is 4. The molecule has 2 rings (SSSR count). The molecule has 3 heteroatoms. The van der Waals surface area contributed by atoms with Gasteiger partial charge in [-0.15, -0.1) is 0 Å². The average molecular weight is 212 g/mol. The largest absolute Gasteiger partial charge is 0.396 e. The van der Waals surface area contributed by atoms with Crippen molar-refractivity contribution < 1.29 is 5.11 Å². The third kappa shape index (κ3) is 2.71. The Morgan fingerprint density at radius 1 is 1.27 bits per heavy atom. The van der Waals surface area contributed by atoms with Crippen molar-refractivity contribution in [3.63, 3.8) is 0 Å². The van der Waals surface area contributed by atoms with E-state index in [1.54, 1.807) is 0 Å². The smallest absolute Gasteiger partial charge is 0.0446 e. The van der Waals surface area contributed by atoms with Crippen LogP contribution in [0.15, 0.2) is 0 Å². The van der Waals surface area contributed by atoms with E-state index in [0.29, 0.717) is 0 Å². The zero-order valence-electron chi connectivity index (χ0n) is 9.57. The molecule has 2 aliphatic rings. The van der Waals surface area contributed by atoms with Crippen LogP contribution in [0.2, 0.25) is 0 Å². The summed E-state index contributed by atoms with van der Waals surface area (Å²) < 4.78 is 0. The Morgan fingerprint density at radius 3 is 2.87 bits per heavy atom. The minimum absolute atomic E-state index is 0.161. The highest BCUT2D eigenvalue weighted by Crippen LogP contribution is 2.36. The first-order valence-electron chi connectivity index (χ1n) is 6.41. The number of likely N-dealkylation sites (tertiary alicyclic amines) is 1. The Kier molecular flexibility index (Phi) is 4.00. The Hall–Kier alpha value is -0.120. The molecule has 1 aliphatic heterocycles. The molecule has 15 heavy (non-hydrogen) atoms. The maximum absolute atomic E-state index is 8.86. The van der Waals surface area contributed by atoms with Crippen molar-refractivity contribution in [3.8, 4) is 0 Å². The van der Waals surface area contributed by atoms with Gasteiger partial charge >= 0.3 is 0 Å². The topological polar surface area (TPSA) is 49.5 Å². The van der Waals surface area contributed by atoms with E-state index < -0.39 is 0 Å². The summed E-state index contributed by atoms with van der Waals surface area (Å²) in [5.74, 6) is 0.945. The van der Waals surface area contributed by atoms with Crippen LogP contribution in [0.25, 0.3) is 0 Å². The normalized spacial score (nSPS) is 34.0. The van der Waals surface area contributed by atoms with E-state index in [-0.39, 0.29) is 12.6 Å². The average Bonchev–Trinajstić information content (AvgIpc) is 2.67. The Labute approximate surface area is 92.6 Å². The summed E-state index contributed by atoms with van der Waals surface area (Å²) in [7, 11) is 0. The molecule has 88 valence electrons. The number of hydrogen-bond acceptors (Lipinski definition) is 3. The van der Waals surface area contributed by atoms with Gasteiger partial charge in [-0.1, -0.05) is 6.42 Å². The molecule has 1 heterocycles. The zero-order chi connectivity index (χ0) is 10.7. The zero-order valence-corrected chi connectivity index (χ0v) is 9.57. The molecule has 3 nitrogen and oxygen atoms in total. The highest BCUT2D eigenvalue weighted by Gasteiger charge is 2.35. The highest BCUT2D eigenvalue weighted by molar-refractivity contribution is 4.90. The monoisotopic (exact) mass is 212 g/mol. The number of fused-ring (bicyclic) bond motifs is 1. The van der Waals surface area contributed by atoms with Gasteiger partial charge in [0.15, 0.2) is 0 Å². The molecule has 3 N–H and O–H groups in total. The Morgan fingerprint density at radius 2 is 2.07 bits per heavy atom. The molecule has 1 saturated carbocycles. The van der Waals surface area contributed by atoms with Crippen molar-refractivity contribution >= 4 is 0 Å². The minimum atomic E-state index is 0.161. The standard InChI is InChI=1S/C12H24N2O/c13-11(6-8-15)9-14-7-2-4-10-3-1-5-12(10)14/h10-12,15H,1-9,13H2. The van der Waals surface area contributed by atoms with Crippen molar-refractivity contribution in [2.24, 2.45) is 11.7 Å². The van der Waals surface area contributed by atoms with Crippen molar-refractivity contribution in [1.29, 1.82) is 0 Å². The summed E-state index contributed by atoms with van der Waals surface area (Å²) in [6.45, 7) is 2.44. The number of hydrogen-bond donors (Lipinski definition) is 2. The van der Waals surface area contributed by atoms with Gasteiger partial charge in [-0.3, -0.25) is 4.90 Å². The van der Waals surface area contributed by atoms with Crippen LogP contribution in [0.3, 0.4) is 0 Å². The maximum atomic E-state index is 8.86. The fourth-order valence-electron chi connectivity index (χ4n) is 3.34. The van der Waals surface area contributed by atoms with Crippen LogP contribution in [-0.2, 0) is 0 Å². The lowest BCUT2D eigenvalue weighted by Gasteiger charge is -2.39. The van der Waals surface area contributed by atoms with E-state index in [1.807, 2.05) is 0 Å². The molecular formula is C12H24N2O. The van der Waals surface area contributed by atoms with Gasteiger partial charge < -0.3 is 10.8 Å². The molecule has 2 fully saturated rings. The van der Waals surface area contributed by atoms with Crippen molar-refractivity contribution in [2.45, 2.75) is 50.6 Å². The van der Waals surface area contributed by atoms with Gasteiger partial charge in [0.05, 0.1) is 0 Å². The van der Waals surface area contributed by atoms with Gasteiger partial charge in [0.25, 0.3) is 0 Å². The third-order valence-corrected chi connectivity index (χ3v) is 4.08. The fraction of sp³-hybridized carbons (Fsp3) is 1.00. The summed E-state index contributed by atoms with van der Waals surface area (Å²) in [6, 6.07) is 0.970. The molecule has 0 spiro atoms. The molecule has 0 bridgehead atoms. The van der Waals surface area contributed by atoms with Crippen LogP contribution < -0.4 is 5.73 Å². The van der Waals surface area contributed by atoms with Crippen LogP contribution in [-0.4, -0.2) is 41.8 Å². The quantitative estimate of drug-likeness (QED) is 0.730. The lowest BCUT2D eigenvalue weighted by atomic mass is 9.91. The van der Waals surface area contributed by atoms with Crippen LogP contribution in [0, 0.1) is 5.92 Å². The molecular weight excluding hydrogens is 188 g/mol. The molecule has 1 saturated heterocycles. The van der Waals surface area contributed by atoms with Gasteiger partial charge in [0, 0.05) is 25.2 Å².